The molecule has 0 aliphatic rings. The van der Waals surface area contributed by atoms with Gasteiger partial charge in [0.2, 0.25) is 0 Å². The lowest BCUT2D eigenvalue weighted by molar-refractivity contribution is 0.214. The van der Waals surface area contributed by atoms with Gasteiger partial charge >= 0.3 is 0 Å². The molecule has 0 bridgehead atoms. The van der Waals surface area contributed by atoms with Crippen LogP contribution >= 0.6 is 15.9 Å². The fourth-order valence-corrected chi connectivity index (χ4v) is 2.32. The molecule has 0 amide bonds. The van der Waals surface area contributed by atoms with Crippen molar-refractivity contribution < 1.29 is 19.0 Å². The van der Waals surface area contributed by atoms with Crippen LogP contribution in [0.2, 0.25) is 0 Å². The van der Waals surface area contributed by atoms with Crippen molar-refractivity contribution in [3.63, 3.8) is 0 Å². The summed E-state index contributed by atoms with van der Waals surface area (Å²) in [7, 11) is 2.92. The van der Waals surface area contributed by atoms with Gasteiger partial charge in [-0.05, 0) is 35.9 Å². The topological polar surface area (TPSA) is 38.7 Å². The van der Waals surface area contributed by atoms with Crippen LogP contribution in [0.4, 0.5) is 4.39 Å². The summed E-state index contributed by atoms with van der Waals surface area (Å²) in [6.07, 6.45) is -0.933. The molecule has 5 heteroatoms. The lowest BCUT2D eigenvalue weighted by Crippen LogP contribution is -2.03. The molecule has 1 unspecified atom stereocenters. The smallest absolute Gasteiger partial charge is 0.165 e. The Kier molecular flexibility index (Phi) is 4.62. The lowest BCUT2D eigenvalue weighted by atomic mass is 10.0. The summed E-state index contributed by atoms with van der Waals surface area (Å²) in [5.41, 5.74) is 1.12. The Morgan fingerprint density at radius 2 is 1.75 bits per heavy atom. The standard InChI is InChI=1S/C15H14BrFO3/c1-19-13-6-4-10(16)8-11(13)15(18)9-3-5-12(17)14(7-9)20-2/h3-8,15,18H,1-2H3. The molecule has 20 heavy (non-hydrogen) atoms. The van der Waals surface area contributed by atoms with Crippen LogP contribution < -0.4 is 9.47 Å². The van der Waals surface area contributed by atoms with Gasteiger partial charge in [-0.25, -0.2) is 4.39 Å². The average molecular weight is 341 g/mol. The molecule has 2 aromatic carbocycles. The van der Waals surface area contributed by atoms with E-state index in [4.69, 9.17) is 9.47 Å². The van der Waals surface area contributed by atoms with Gasteiger partial charge in [0.1, 0.15) is 11.9 Å². The summed E-state index contributed by atoms with van der Waals surface area (Å²) in [4.78, 5) is 0. The van der Waals surface area contributed by atoms with E-state index in [9.17, 15) is 9.50 Å². The van der Waals surface area contributed by atoms with Crippen LogP contribution in [0.5, 0.6) is 11.5 Å². The van der Waals surface area contributed by atoms with Crippen molar-refractivity contribution in [3.05, 3.63) is 57.8 Å². The summed E-state index contributed by atoms with van der Waals surface area (Å²) in [5, 5.41) is 10.5. The highest BCUT2D eigenvalue weighted by atomic mass is 79.9. The van der Waals surface area contributed by atoms with Gasteiger partial charge in [-0.3, -0.25) is 0 Å². The van der Waals surface area contributed by atoms with Gasteiger partial charge in [0.25, 0.3) is 0 Å². The quantitative estimate of drug-likeness (QED) is 0.922. The number of hydrogen-bond acceptors (Lipinski definition) is 3. The second-order valence-electron chi connectivity index (χ2n) is 4.18. The maximum absolute atomic E-state index is 13.4. The number of benzene rings is 2. The highest BCUT2D eigenvalue weighted by molar-refractivity contribution is 9.10. The number of halogens is 2. The molecule has 2 rings (SSSR count). The molecule has 2 aromatic rings. The number of methoxy groups -OCH3 is 2. The van der Waals surface area contributed by atoms with Crippen LogP contribution in [0.1, 0.15) is 17.2 Å². The molecule has 0 aromatic heterocycles. The summed E-state index contributed by atoms with van der Waals surface area (Å²) in [6, 6.07) is 9.59. The molecule has 0 heterocycles. The zero-order chi connectivity index (χ0) is 14.7. The van der Waals surface area contributed by atoms with E-state index in [1.165, 1.54) is 32.4 Å². The van der Waals surface area contributed by atoms with E-state index in [0.717, 1.165) is 4.47 Å². The molecule has 3 nitrogen and oxygen atoms in total. The third kappa shape index (κ3) is 2.94. The van der Waals surface area contributed by atoms with E-state index in [0.29, 0.717) is 16.9 Å². The molecule has 0 aliphatic carbocycles. The fraction of sp³-hybridized carbons (Fsp3) is 0.200. The molecule has 0 aliphatic heterocycles. The van der Waals surface area contributed by atoms with Crippen LogP contribution in [0.3, 0.4) is 0 Å². The molecule has 1 atom stereocenters. The van der Waals surface area contributed by atoms with Crippen molar-refractivity contribution >= 4 is 15.9 Å². The first-order chi connectivity index (χ1) is 9.56. The maximum atomic E-state index is 13.4. The van der Waals surface area contributed by atoms with Gasteiger partial charge in [-0.15, -0.1) is 0 Å². The predicted molar refractivity (Wildman–Crippen MR) is 77.7 cm³/mol. The number of rotatable bonds is 4. The fourth-order valence-electron chi connectivity index (χ4n) is 1.94. The van der Waals surface area contributed by atoms with Crippen LogP contribution in [-0.4, -0.2) is 19.3 Å². The van der Waals surface area contributed by atoms with Crippen molar-refractivity contribution in [2.24, 2.45) is 0 Å². The third-order valence-electron chi connectivity index (χ3n) is 2.98. The lowest BCUT2D eigenvalue weighted by Gasteiger charge is -2.16. The molecule has 0 radical (unpaired) electrons. The number of hydrogen-bond donors (Lipinski definition) is 1. The Balaban J connectivity index is 2.45. The molecular weight excluding hydrogens is 327 g/mol. The van der Waals surface area contributed by atoms with E-state index in [1.807, 2.05) is 6.07 Å². The highest BCUT2D eigenvalue weighted by Gasteiger charge is 2.17. The zero-order valence-corrected chi connectivity index (χ0v) is 12.6. The normalized spacial score (nSPS) is 12.1. The number of aliphatic hydroxyl groups is 1. The van der Waals surface area contributed by atoms with E-state index in [2.05, 4.69) is 15.9 Å². The molecular formula is C15H14BrFO3. The number of aliphatic hydroxyl groups excluding tert-OH is 1. The van der Waals surface area contributed by atoms with Gasteiger partial charge < -0.3 is 14.6 Å². The predicted octanol–water partition coefficient (Wildman–Crippen LogP) is 3.69. The Hall–Kier alpha value is -1.59. The van der Waals surface area contributed by atoms with Crippen LogP contribution in [0.15, 0.2) is 40.9 Å². The van der Waals surface area contributed by atoms with Crippen molar-refractivity contribution in [3.8, 4) is 11.5 Å². The average Bonchev–Trinajstić information content (AvgIpc) is 2.47. The van der Waals surface area contributed by atoms with Gasteiger partial charge in [0.05, 0.1) is 14.2 Å². The second-order valence-corrected chi connectivity index (χ2v) is 5.10. The van der Waals surface area contributed by atoms with E-state index in [1.54, 1.807) is 12.1 Å². The van der Waals surface area contributed by atoms with Crippen molar-refractivity contribution in [2.75, 3.05) is 14.2 Å². The summed E-state index contributed by atoms with van der Waals surface area (Å²) >= 11 is 3.35. The zero-order valence-electron chi connectivity index (χ0n) is 11.1. The van der Waals surface area contributed by atoms with Crippen LogP contribution in [0, 0.1) is 5.82 Å². The monoisotopic (exact) mass is 340 g/mol. The Morgan fingerprint density at radius 3 is 2.40 bits per heavy atom. The molecule has 0 saturated heterocycles. The van der Waals surface area contributed by atoms with Gasteiger partial charge in [0.15, 0.2) is 11.6 Å². The van der Waals surface area contributed by atoms with E-state index >= 15 is 0 Å². The summed E-state index contributed by atoms with van der Waals surface area (Å²) < 4.78 is 24.4. The highest BCUT2D eigenvalue weighted by Crippen LogP contribution is 2.34. The molecule has 0 spiro atoms. The minimum absolute atomic E-state index is 0.0931. The third-order valence-corrected chi connectivity index (χ3v) is 3.47. The minimum Gasteiger partial charge on any atom is -0.496 e. The number of ether oxygens (including phenoxy) is 2. The SMILES string of the molecule is COc1cc(C(O)c2cc(Br)ccc2OC)ccc1F. The van der Waals surface area contributed by atoms with Crippen molar-refractivity contribution in [2.45, 2.75) is 6.10 Å². The summed E-state index contributed by atoms with van der Waals surface area (Å²) in [6.45, 7) is 0. The maximum Gasteiger partial charge on any atom is 0.165 e. The Bertz CT molecular complexity index is 616. The first-order valence-corrected chi connectivity index (χ1v) is 6.71. The van der Waals surface area contributed by atoms with Crippen LogP contribution in [-0.2, 0) is 0 Å². The van der Waals surface area contributed by atoms with Crippen molar-refractivity contribution in [1.82, 2.24) is 0 Å². The van der Waals surface area contributed by atoms with Crippen LogP contribution in [0.25, 0.3) is 0 Å². The van der Waals surface area contributed by atoms with Crippen molar-refractivity contribution in [1.29, 1.82) is 0 Å². The molecule has 1 N–H and O–H groups in total. The van der Waals surface area contributed by atoms with Gasteiger partial charge in [-0.2, -0.15) is 0 Å². The molecule has 0 saturated carbocycles. The molecule has 106 valence electrons. The minimum atomic E-state index is -0.933. The first-order valence-electron chi connectivity index (χ1n) is 5.91. The van der Waals surface area contributed by atoms with Gasteiger partial charge in [-0.1, -0.05) is 22.0 Å². The van der Waals surface area contributed by atoms with E-state index in [-0.39, 0.29) is 5.75 Å². The van der Waals surface area contributed by atoms with Gasteiger partial charge in [0, 0.05) is 10.0 Å². The van der Waals surface area contributed by atoms with E-state index < -0.39 is 11.9 Å². The Labute approximate surface area is 125 Å². The largest absolute Gasteiger partial charge is 0.496 e. The summed E-state index contributed by atoms with van der Waals surface area (Å²) in [5.74, 6) is 0.184. The molecule has 0 fully saturated rings. The first kappa shape index (κ1) is 14.8. The second kappa shape index (κ2) is 6.24. The Morgan fingerprint density at radius 1 is 1.05 bits per heavy atom.